The Morgan fingerprint density at radius 2 is 1.83 bits per heavy atom. The Morgan fingerprint density at radius 3 is 2.57 bits per heavy atom. The van der Waals surface area contributed by atoms with Gasteiger partial charge < -0.3 is 4.74 Å². The van der Waals surface area contributed by atoms with Crippen molar-refractivity contribution in [3.8, 4) is 11.8 Å². The number of hydrogen-bond acceptors (Lipinski definition) is 5. The van der Waals surface area contributed by atoms with Crippen LogP contribution in [0.4, 0.5) is 5.13 Å². The van der Waals surface area contributed by atoms with Crippen LogP contribution in [-0.4, -0.2) is 10.9 Å². The predicted molar refractivity (Wildman–Crippen MR) is 141 cm³/mol. The summed E-state index contributed by atoms with van der Waals surface area (Å²) in [5.41, 5.74) is 2.62. The second kappa shape index (κ2) is 11.7. The van der Waals surface area contributed by atoms with Gasteiger partial charge in [-0.2, -0.15) is 5.26 Å². The molecular formula is C27H19Cl2N3O2S. The number of ether oxygens (including phenoxy) is 1. The second-order valence-corrected chi connectivity index (χ2v) is 9.39. The molecule has 0 radical (unpaired) electrons. The fourth-order valence-electron chi connectivity index (χ4n) is 3.20. The number of anilines is 1. The highest BCUT2D eigenvalue weighted by Gasteiger charge is 2.13. The Bertz CT molecular complexity index is 1390. The van der Waals surface area contributed by atoms with E-state index in [-0.39, 0.29) is 5.57 Å². The van der Waals surface area contributed by atoms with Gasteiger partial charge in [0.2, 0.25) is 0 Å². The van der Waals surface area contributed by atoms with Crippen LogP contribution in [0.2, 0.25) is 10.0 Å². The number of nitrogens with zero attached hydrogens (tertiary/aromatic N) is 2. The smallest absolute Gasteiger partial charge is 0.268 e. The van der Waals surface area contributed by atoms with Crippen molar-refractivity contribution >= 4 is 51.7 Å². The molecule has 0 spiro atoms. The Kier molecular flexibility index (Phi) is 8.17. The molecule has 0 unspecified atom stereocenters. The zero-order valence-corrected chi connectivity index (χ0v) is 20.7. The van der Waals surface area contributed by atoms with E-state index in [0.717, 1.165) is 16.0 Å². The van der Waals surface area contributed by atoms with Gasteiger partial charge in [-0.1, -0.05) is 77.8 Å². The molecule has 0 atom stereocenters. The van der Waals surface area contributed by atoms with Crippen molar-refractivity contribution in [2.75, 3.05) is 5.32 Å². The van der Waals surface area contributed by atoms with E-state index in [1.54, 1.807) is 36.5 Å². The fourth-order valence-corrected chi connectivity index (χ4v) is 4.42. The molecule has 4 rings (SSSR count). The maximum absolute atomic E-state index is 12.6. The number of aromatic nitrogens is 1. The Morgan fingerprint density at radius 1 is 1.06 bits per heavy atom. The maximum atomic E-state index is 12.6. The standard InChI is InChI=1S/C27H19Cl2N3O2S/c28-24-8-4-7-20(25(24)29)14-23-16-31-27(35-23)32-26(33)21(15-30)13-18-9-11-22(12-10-18)34-17-19-5-2-1-3-6-19/h1-13,16H,14,17H2,(H,31,32,33)/b21-13+. The van der Waals surface area contributed by atoms with E-state index in [0.29, 0.717) is 39.5 Å². The van der Waals surface area contributed by atoms with Crippen molar-refractivity contribution < 1.29 is 9.53 Å². The Hall–Kier alpha value is -3.63. The lowest BCUT2D eigenvalue weighted by Gasteiger charge is -2.06. The number of carbonyl (C=O) groups excluding carboxylic acids is 1. The van der Waals surface area contributed by atoms with Gasteiger partial charge in [0.25, 0.3) is 5.91 Å². The lowest BCUT2D eigenvalue weighted by Crippen LogP contribution is -2.13. The van der Waals surface area contributed by atoms with Gasteiger partial charge in [0, 0.05) is 17.5 Å². The minimum Gasteiger partial charge on any atom is -0.489 e. The molecule has 0 saturated carbocycles. The average Bonchev–Trinajstić information content (AvgIpc) is 3.32. The Balaban J connectivity index is 1.37. The zero-order chi connectivity index (χ0) is 24.6. The molecule has 35 heavy (non-hydrogen) atoms. The summed E-state index contributed by atoms with van der Waals surface area (Å²) in [5, 5.41) is 13.6. The molecule has 0 aliphatic carbocycles. The van der Waals surface area contributed by atoms with Gasteiger partial charge >= 0.3 is 0 Å². The summed E-state index contributed by atoms with van der Waals surface area (Å²) in [7, 11) is 0. The van der Waals surface area contributed by atoms with Crippen LogP contribution in [0, 0.1) is 11.3 Å². The molecule has 1 heterocycles. The highest BCUT2D eigenvalue weighted by molar-refractivity contribution is 7.15. The average molecular weight is 520 g/mol. The van der Waals surface area contributed by atoms with E-state index in [1.165, 1.54) is 17.4 Å². The van der Waals surface area contributed by atoms with E-state index in [4.69, 9.17) is 27.9 Å². The molecule has 0 bridgehead atoms. The van der Waals surface area contributed by atoms with Crippen LogP contribution < -0.4 is 10.1 Å². The predicted octanol–water partition coefficient (Wildman–Crippen LogP) is 7.17. The van der Waals surface area contributed by atoms with Crippen LogP contribution >= 0.6 is 34.5 Å². The van der Waals surface area contributed by atoms with Crippen molar-refractivity contribution in [2.45, 2.75) is 13.0 Å². The number of halogens is 2. The first-order valence-corrected chi connectivity index (χ1v) is 12.2. The zero-order valence-electron chi connectivity index (χ0n) is 18.4. The van der Waals surface area contributed by atoms with Gasteiger partial charge in [-0.05, 0) is 41.0 Å². The number of benzene rings is 3. The van der Waals surface area contributed by atoms with Crippen molar-refractivity contribution in [3.63, 3.8) is 0 Å². The molecule has 1 amide bonds. The van der Waals surface area contributed by atoms with Crippen molar-refractivity contribution in [3.05, 3.63) is 116 Å². The molecule has 0 saturated heterocycles. The molecule has 0 aliphatic heterocycles. The fraction of sp³-hybridized carbons (Fsp3) is 0.0741. The van der Waals surface area contributed by atoms with Gasteiger partial charge in [0.15, 0.2) is 5.13 Å². The summed E-state index contributed by atoms with van der Waals surface area (Å²) in [6, 6.07) is 24.5. The van der Waals surface area contributed by atoms with Gasteiger partial charge in [-0.3, -0.25) is 10.1 Å². The first-order chi connectivity index (χ1) is 17.0. The number of nitriles is 1. The van der Waals surface area contributed by atoms with Crippen LogP contribution in [0.15, 0.2) is 84.6 Å². The SMILES string of the molecule is N#C/C(=C\c1ccc(OCc2ccccc2)cc1)C(=O)Nc1ncc(Cc2cccc(Cl)c2Cl)s1. The molecule has 174 valence electrons. The number of hydrogen-bond donors (Lipinski definition) is 1. The van der Waals surface area contributed by atoms with Crippen LogP contribution in [0.5, 0.6) is 5.75 Å². The molecule has 3 aromatic carbocycles. The van der Waals surface area contributed by atoms with Crippen LogP contribution in [-0.2, 0) is 17.8 Å². The highest BCUT2D eigenvalue weighted by atomic mass is 35.5. The number of thiazole rings is 1. The first kappa shape index (κ1) is 24.5. The quantitative estimate of drug-likeness (QED) is 0.198. The lowest BCUT2D eigenvalue weighted by atomic mass is 10.1. The molecule has 0 fully saturated rings. The first-order valence-electron chi connectivity index (χ1n) is 10.6. The molecule has 4 aromatic rings. The summed E-state index contributed by atoms with van der Waals surface area (Å²) in [6.45, 7) is 0.460. The minimum atomic E-state index is -0.529. The van der Waals surface area contributed by atoms with E-state index in [1.807, 2.05) is 48.5 Å². The van der Waals surface area contributed by atoms with Crippen molar-refractivity contribution in [1.82, 2.24) is 4.98 Å². The van der Waals surface area contributed by atoms with Crippen molar-refractivity contribution in [1.29, 1.82) is 5.26 Å². The van der Waals surface area contributed by atoms with E-state index in [9.17, 15) is 10.1 Å². The number of carbonyl (C=O) groups is 1. The monoisotopic (exact) mass is 519 g/mol. The maximum Gasteiger partial charge on any atom is 0.268 e. The van der Waals surface area contributed by atoms with E-state index < -0.39 is 5.91 Å². The number of amides is 1. The summed E-state index contributed by atoms with van der Waals surface area (Å²) < 4.78 is 5.78. The third kappa shape index (κ3) is 6.71. The largest absolute Gasteiger partial charge is 0.489 e. The molecule has 1 N–H and O–H groups in total. The van der Waals surface area contributed by atoms with Gasteiger partial charge in [0.1, 0.15) is 24.0 Å². The summed E-state index contributed by atoms with van der Waals surface area (Å²) in [5.74, 6) is 0.169. The lowest BCUT2D eigenvalue weighted by molar-refractivity contribution is -0.112. The van der Waals surface area contributed by atoms with E-state index >= 15 is 0 Å². The number of nitrogens with one attached hydrogen (secondary N) is 1. The van der Waals surface area contributed by atoms with Gasteiger partial charge in [0.05, 0.1) is 10.0 Å². The molecular weight excluding hydrogens is 501 g/mol. The topological polar surface area (TPSA) is 75.0 Å². The molecule has 0 aliphatic rings. The van der Waals surface area contributed by atoms with Gasteiger partial charge in [-0.15, -0.1) is 11.3 Å². The van der Waals surface area contributed by atoms with Crippen LogP contribution in [0.3, 0.4) is 0 Å². The molecule has 5 nitrogen and oxygen atoms in total. The Labute approximate surface area is 217 Å². The van der Waals surface area contributed by atoms with E-state index in [2.05, 4.69) is 10.3 Å². The third-order valence-electron chi connectivity index (χ3n) is 4.97. The number of rotatable bonds is 8. The minimum absolute atomic E-state index is 0.0300. The van der Waals surface area contributed by atoms with Gasteiger partial charge in [-0.25, -0.2) is 4.98 Å². The molecule has 8 heteroatoms. The summed E-state index contributed by atoms with van der Waals surface area (Å²) in [6.07, 6.45) is 3.73. The second-order valence-electron chi connectivity index (χ2n) is 7.49. The van der Waals surface area contributed by atoms with Crippen molar-refractivity contribution in [2.24, 2.45) is 0 Å². The normalized spacial score (nSPS) is 11.1. The summed E-state index contributed by atoms with van der Waals surface area (Å²) >= 11 is 13.6. The summed E-state index contributed by atoms with van der Waals surface area (Å²) in [4.78, 5) is 17.8. The molecule has 1 aromatic heterocycles. The van der Waals surface area contributed by atoms with Crippen LogP contribution in [0.1, 0.15) is 21.6 Å². The highest BCUT2D eigenvalue weighted by Crippen LogP contribution is 2.29. The van der Waals surface area contributed by atoms with Crippen LogP contribution in [0.25, 0.3) is 6.08 Å². The third-order valence-corrected chi connectivity index (χ3v) is 6.75.